The van der Waals surface area contributed by atoms with Crippen LogP contribution in [0, 0.1) is 27.7 Å². The van der Waals surface area contributed by atoms with Crippen LogP contribution in [0.15, 0.2) is 34.8 Å². The number of benzene rings is 2. The van der Waals surface area contributed by atoms with Gasteiger partial charge in [-0.2, -0.15) is 0 Å². The second kappa shape index (κ2) is 6.08. The Morgan fingerprint density at radius 1 is 0.900 bits per heavy atom. The smallest absolute Gasteiger partial charge is 0.0723 e. The average molecular weight is 333 g/mol. The molecule has 2 rings (SSSR count). The molecule has 0 fully saturated rings. The van der Waals surface area contributed by atoms with Gasteiger partial charge in [-0.05, 0) is 67.1 Å². The summed E-state index contributed by atoms with van der Waals surface area (Å²) in [6, 6.07) is 10.8. The molecule has 0 saturated carbocycles. The summed E-state index contributed by atoms with van der Waals surface area (Å²) in [4.78, 5) is 0. The third-order valence-electron chi connectivity index (χ3n) is 3.83. The Labute approximate surface area is 129 Å². The van der Waals surface area contributed by atoms with Crippen molar-refractivity contribution in [1.82, 2.24) is 5.43 Å². The Morgan fingerprint density at radius 3 is 2.15 bits per heavy atom. The summed E-state index contributed by atoms with van der Waals surface area (Å²) in [5, 5.41) is 0. The number of nitrogens with two attached hydrogens (primary N) is 1. The Kier molecular flexibility index (Phi) is 4.63. The van der Waals surface area contributed by atoms with Crippen LogP contribution < -0.4 is 11.3 Å². The number of aryl methyl sites for hydroxylation is 4. The second-order valence-corrected chi connectivity index (χ2v) is 6.27. The lowest BCUT2D eigenvalue weighted by Gasteiger charge is -2.22. The van der Waals surface area contributed by atoms with Gasteiger partial charge in [-0.25, -0.2) is 5.43 Å². The molecular formula is C17H21BrN2. The maximum absolute atomic E-state index is 5.83. The zero-order valence-electron chi connectivity index (χ0n) is 12.4. The minimum absolute atomic E-state index is 0.00993. The first-order valence-corrected chi connectivity index (χ1v) is 7.53. The summed E-state index contributed by atoms with van der Waals surface area (Å²) in [6.07, 6.45) is 0. The number of hydrogen-bond donors (Lipinski definition) is 2. The molecule has 0 spiro atoms. The topological polar surface area (TPSA) is 38.0 Å². The van der Waals surface area contributed by atoms with Crippen molar-refractivity contribution in [2.45, 2.75) is 33.7 Å². The summed E-state index contributed by atoms with van der Waals surface area (Å²) in [7, 11) is 0. The molecule has 3 N–H and O–H groups in total. The van der Waals surface area contributed by atoms with Crippen LogP contribution in [-0.2, 0) is 0 Å². The summed E-state index contributed by atoms with van der Waals surface area (Å²) in [5.74, 6) is 5.83. The van der Waals surface area contributed by atoms with Gasteiger partial charge < -0.3 is 0 Å². The van der Waals surface area contributed by atoms with E-state index >= 15 is 0 Å². The van der Waals surface area contributed by atoms with Crippen LogP contribution >= 0.6 is 15.9 Å². The summed E-state index contributed by atoms with van der Waals surface area (Å²) < 4.78 is 1.08. The quantitative estimate of drug-likeness (QED) is 0.651. The molecule has 20 heavy (non-hydrogen) atoms. The highest BCUT2D eigenvalue weighted by atomic mass is 79.9. The summed E-state index contributed by atoms with van der Waals surface area (Å²) in [6.45, 7) is 8.49. The van der Waals surface area contributed by atoms with E-state index in [0.717, 1.165) is 10.0 Å². The van der Waals surface area contributed by atoms with E-state index in [1.165, 1.54) is 27.8 Å². The van der Waals surface area contributed by atoms with Gasteiger partial charge in [-0.15, -0.1) is 0 Å². The summed E-state index contributed by atoms with van der Waals surface area (Å²) >= 11 is 3.65. The van der Waals surface area contributed by atoms with Crippen LogP contribution in [0.25, 0.3) is 0 Å². The minimum atomic E-state index is -0.00993. The van der Waals surface area contributed by atoms with Crippen molar-refractivity contribution in [1.29, 1.82) is 0 Å². The Morgan fingerprint density at radius 2 is 1.55 bits per heavy atom. The molecule has 2 aromatic rings. The maximum atomic E-state index is 5.83. The van der Waals surface area contributed by atoms with Gasteiger partial charge in [0.05, 0.1) is 6.04 Å². The molecule has 0 radical (unpaired) electrons. The predicted octanol–water partition coefficient (Wildman–Crippen LogP) is 4.24. The molecule has 106 valence electrons. The molecule has 0 bridgehead atoms. The lowest BCUT2D eigenvalue weighted by atomic mass is 9.92. The molecule has 0 aromatic heterocycles. The highest BCUT2D eigenvalue weighted by Gasteiger charge is 2.18. The first-order chi connectivity index (χ1) is 9.43. The third-order valence-corrected chi connectivity index (χ3v) is 4.51. The van der Waals surface area contributed by atoms with Crippen molar-refractivity contribution in [2.24, 2.45) is 5.84 Å². The molecular weight excluding hydrogens is 312 g/mol. The van der Waals surface area contributed by atoms with Gasteiger partial charge >= 0.3 is 0 Å². The average Bonchev–Trinajstić information content (AvgIpc) is 2.38. The lowest BCUT2D eigenvalue weighted by molar-refractivity contribution is 0.630. The van der Waals surface area contributed by atoms with Gasteiger partial charge in [0.1, 0.15) is 0 Å². The molecule has 0 aliphatic carbocycles. The first-order valence-electron chi connectivity index (χ1n) is 6.74. The first kappa shape index (κ1) is 15.2. The Hall–Kier alpha value is -1.16. The molecule has 0 aliphatic heterocycles. The van der Waals surface area contributed by atoms with Crippen molar-refractivity contribution >= 4 is 15.9 Å². The number of nitrogens with one attached hydrogen (secondary N) is 1. The monoisotopic (exact) mass is 332 g/mol. The minimum Gasteiger partial charge on any atom is -0.271 e. The summed E-state index contributed by atoms with van der Waals surface area (Å²) in [5.41, 5.74) is 10.4. The number of hydrazine groups is 1. The highest BCUT2D eigenvalue weighted by Crippen LogP contribution is 2.31. The van der Waals surface area contributed by atoms with Gasteiger partial charge in [-0.3, -0.25) is 5.84 Å². The lowest BCUT2D eigenvalue weighted by Crippen LogP contribution is -2.29. The predicted molar refractivity (Wildman–Crippen MR) is 88.7 cm³/mol. The largest absolute Gasteiger partial charge is 0.271 e. The highest BCUT2D eigenvalue weighted by molar-refractivity contribution is 9.10. The van der Waals surface area contributed by atoms with Crippen molar-refractivity contribution in [3.05, 3.63) is 68.2 Å². The second-order valence-electron chi connectivity index (χ2n) is 5.42. The normalized spacial score (nSPS) is 12.5. The van der Waals surface area contributed by atoms with E-state index in [0.29, 0.717) is 0 Å². The zero-order valence-corrected chi connectivity index (χ0v) is 14.0. The van der Waals surface area contributed by atoms with E-state index in [1.54, 1.807) is 0 Å². The van der Waals surface area contributed by atoms with Crippen molar-refractivity contribution in [3.8, 4) is 0 Å². The molecule has 3 heteroatoms. The zero-order chi connectivity index (χ0) is 14.9. The van der Waals surface area contributed by atoms with Crippen LogP contribution in [0.4, 0.5) is 0 Å². The fourth-order valence-electron chi connectivity index (χ4n) is 2.51. The van der Waals surface area contributed by atoms with Crippen LogP contribution in [0.1, 0.15) is 39.4 Å². The molecule has 2 nitrogen and oxygen atoms in total. The van der Waals surface area contributed by atoms with Crippen LogP contribution in [0.2, 0.25) is 0 Å². The fourth-order valence-corrected chi connectivity index (χ4v) is 3.23. The molecule has 0 saturated heterocycles. The number of halogens is 1. The van der Waals surface area contributed by atoms with Gasteiger partial charge in [0.25, 0.3) is 0 Å². The van der Waals surface area contributed by atoms with E-state index in [4.69, 9.17) is 5.84 Å². The van der Waals surface area contributed by atoms with Crippen LogP contribution in [0.3, 0.4) is 0 Å². The third kappa shape index (κ3) is 2.95. The van der Waals surface area contributed by atoms with Crippen molar-refractivity contribution < 1.29 is 0 Å². The van der Waals surface area contributed by atoms with E-state index in [-0.39, 0.29) is 6.04 Å². The van der Waals surface area contributed by atoms with Crippen LogP contribution in [-0.4, -0.2) is 0 Å². The van der Waals surface area contributed by atoms with E-state index in [1.807, 2.05) is 0 Å². The molecule has 2 aromatic carbocycles. The van der Waals surface area contributed by atoms with Crippen molar-refractivity contribution in [3.63, 3.8) is 0 Å². The van der Waals surface area contributed by atoms with Crippen molar-refractivity contribution in [2.75, 3.05) is 0 Å². The van der Waals surface area contributed by atoms with E-state index in [9.17, 15) is 0 Å². The van der Waals surface area contributed by atoms with E-state index in [2.05, 4.69) is 79.4 Å². The Balaban J connectivity index is 2.55. The van der Waals surface area contributed by atoms with Gasteiger partial charge in [0.2, 0.25) is 0 Å². The standard InChI is InChI=1S/C17H21BrN2/c1-10-5-6-14(16(18)7-10)17(20-19)15-9-12(3)11(2)8-13(15)4/h5-9,17,20H,19H2,1-4H3. The van der Waals surface area contributed by atoms with Gasteiger partial charge in [0, 0.05) is 4.47 Å². The molecule has 1 unspecified atom stereocenters. The Bertz CT molecular complexity index is 635. The van der Waals surface area contributed by atoms with Gasteiger partial charge in [0.15, 0.2) is 0 Å². The van der Waals surface area contributed by atoms with E-state index < -0.39 is 0 Å². The molecule has 0 aliphatic rings. The number of hydrogen-bond acceptors (Lipinski definition) is 2. The number of rotatable bonds is 3. The maximum Gasteiger partial charge on any atom is 0.0723 e. The molecule has 1 atom stereocenters. The van der Waals surface area contributed by atoms with Crippen LogP contribution in [0.5, 0.6) is 0 Å². The molecule has 0 heterocycles. The SMILES string of the molecule is Cc1ccc(C(NN)c2cc(C)c(C)cc2C)c(Br)c1. The molecule has 0 amide bonds. The fraction of sp³-hybridized carbons (Fsp3) is 0.294. The van der Waals surface area contributed by atoms with Gasteiger partial charge in [-0.1, -0.05) is 40.2 Å².